The second-order valence-corrected chi connectivity index (χ2v) is 3.94. The molecule has 0 bridgehead atoms. The zero-order chi connectivity index (χ0) is 12.2. The molecule has 0 radical (unpaired) electrons. The third-order valence-corrected chi connectivity index (χ3v) is 2.27. The smallest absolute Gasteiger partial charge is 0.239 e. The average Bonchev–Trinajstić information content (AvgIpc) is 2.32. The quantitative estimate of drug-likeness (QED) is 0.354. The molecule has 1 aromatic rings. The summed E-state index contributed by atoms with van der Waals surface area (Å²) in [7, 11) is 0. The Labute approximate surface area is 97.6 Å². The molecule has 1 rings (SSSR count). The fourth-order valence-electron chi connectivity index (χ4n) is 0.939. The molecule has 0 fully saturated rings. The topological polar surface area (TPSA) is 116 Å². The van der Waals surface area contributed by atoms with Gasteiger partial charge in [0, 0.05) is 0 Å². The van der Waals surface area contributed by atoms with E-state index in [0.29, 0.717) is 0 Å². The Bertz CT molecular complexity index is 358. The standard InChI is InChI=1S/C8H14ClN5O2/c1-8(3-15,4-16)13-6-5(9)2-11-7(12-6)14-10/h2,15-16H,3-4,10H2,1H3,(H2,11,12,13,14). The van der Waals surface area contributed by atoms with Crippen LogP contribution in [0.2, 0.25) is 5.02 Å². The van der Waals surface area contributed by atoms with Gasteiger partial charge in [0.05, 0.1) is 24.9 Å². The van der Waals surface area contributed by atoms with Gasteiger partial charge in [-0.2, -0.15) is 4.98 Å². The van der Waals surface area contributed by atoms with Crippen LogP contribution in [-0.2, 0) is 0 Å². The molecule has 0 spiro atoms. The first kappa shape index (κ1) is 12.9. The van der Waals surface area contributed by atoms with Crippen molar-refractivity contribution in [1.29, 1.82) is 0 Å². The summed E-state index contributed by atoms with van der Waals surface area (Å²) in [6.07, 6.45) is 1.36. The van der Waals surface area contributed by atoms with Crippen molar-refractivity contribution in [1.82, 2.24) is 9.97 Å². The number of nitrogen functional groups attached to an aromatic ring is 1. The minimum Gasteiger partial charge on any atom is -0.394 e. The van der Waals surface area contributed by atoms with Crippen LogP contribution in [0.5, 0.6) is 0 Å². The number of aliphatic hydroxyl groups is 2. The molecule has 7 nitrogen and oxygen atoms in total. The molecule has 6 N–H and O–H groups in total. The first-order chi connectivity index (χ1) is 7.54. The van der Waals surface area contributed by atoms with E-state index in [2.05, 4.69) is 20.7 Å². The number of rotatable bonds is 5. The third kappa shape index (κ3) is 2.92. The van der Waals surface area contributed by atoms with E-state index in [9.17, 15) is 0 Å². The van der Waals surface area contributed by atoms with Gasteiger partial charge in [-0.25, -0.2) is 10.8 Å². The maximum absolute atomic E-state index is 9.11. The van der Waals surface area contributed by atoms with Gasteiger partial charge >= 0.3 is 0 Å². The zero-order valence-corrected chi connectivity index (χ0v) is 9.49. The second kappa shape index (κ2) is 5.26. The summed E-state index contributed by atoms with van der Waals surface area (Å²) in [5.41, 5.74) is 1.36. The van der Waals surface area contributed by atoms with Crippen molar-refractivity contribution in [3.05, 3.63) is 11.2 Å². The molecule has 0 aromatic carbocycles. The highest BCUT2D eigenvalue weighted by molar-refractivity contribution is 6.32. The fraction of sp³-hybridized carbons (Fsp3) is 0.500. The average molecular weight is 248 g/mol. The van der Waals surface area contributed by atoms with E-state index >= 15 is 0 Å². The third-order valence-electron chi connectivity index (χ3n) is 1.99. The number of nitrogens with one attached hydrogen (secondary N) is 2. The van der Waals surface area contributed by atoms with Gasteiger partial charge in [-0.15, -0.1) is 0 Å². The van der Waals surface area contributed by atoms with Crippen LogP contribution in [0.3, 0.4) is 0 Å². The van der Waals surface area contributed by atoms with Crippen LogP contribution in [0.15, 0.2) is 6.20 Å². The van der Waals surface area contributed by atoms with Gasteiger partial charge in [0.2, 0.25) is 5.95 Å². The lowest BCUT2D eigenvalue weighted by Gasteiger charge is -2.27. The van der Waals surface area contributed by atoms with Gasteiger partial charge in [0.15, 0.2) is 5.82 Å². The molecular formula is C8H14ClN5O2. The van der Waals surface area contributed by atoms with Crippen LogP contribution in [0.4, 0.5) is 11.8 Å². The molecule has 0 saturated carbocycles. The lowest BCUT2D eigenvalue weighted by molar-refractivity contribution is 0.147. The summed E-state index contributed by atoms with van der Waals surface area (Å²) in [5, 5.41) is 21.3. The summed E-state index contributed by atoms with van der Waals surface area (Å²) in [6.45, 7) is 1.09. The van der Waals surface area contributed by atoms with Crippen molar-refractivity contribution < 1.29 is 10.2 Å². The number of hydrazine groups is 1. The number of nitrogens with zero attached hydrogens (tertiary/aromatic N) is 2. The molecule has 0 saturated heterocycles. The highest BCUT2D eigenvalue weighted by Crippen LogP contribution is 2.22. The Hall–Kier alpha value is -1.15. The van der Waals surface area contributed by atoms with Gasteiger partial charge in [-0.05, 0) is 6.92 Å². The molecule has 90 valence electrons. The number of hydrogen-bond donors (Lipinski definition) is 5. The van der Waals surface area contributed by atoms with Crippen molar-refractivity contribution in [2.45, 2.75) is 12.5 Å². The van der Waals surface area contributed by atoms with Gasteiger partial charge in [-0.3, -0.25) is 5.43 Å². The molecule has 0 aliphatic carbocycles. The first-order valence-electron chi connectivity index (χ1n) is 4.53. The Morgan fingerprint density at radius 1 is 1.50 bits per heavy atom. The highest BCUT2D eigenvalue weighted by Gasteiger charge is 2.23. The van der Waals surface area contributed by atoms with E-state index in [1.807, 2.05) is 0 Å². The summed E-state index contributed by atoms with van der Waals surface area (Å²) in [5.74, 6) is 5.63. The maximum atomic E-state index is 9.11. The highest BCUT2D eigenvalue weighted by atomic mass is 35.5. The number of nitrogens with two attached hydrogens (primary N) is 1. The van der Waals surface area contributed by atoms with Gasteiger partial charge in [0.25, 0.3) is 0 Å². The van der Waals surface area contributed by atoms with Gasteiger partial charge < -0.3 is 15.5 Å². The summed E-state index contributed by atoms with van der Waals surface area (Å²) >= 11 is 5.85. The van der Waals surface area contributed by atoms with Gasteiger partial charge in [0.1, 0.15) is 5.02 Å². The number of anilines is 2. The van der Waals surface area contributed by atoms with Crippen LogP contribution in [-0.4, -0.2) is 38.9 Å². The van der Waals surface area contributed by atoms with Crippen LogP contribution < -0.4 is 16.6 Å². The van der Waals surface area contributed by atoms with Gasteiger partial charge in [-0.1, -0.05) is 11.6 Å². The van der Waals surface area contributed by atoms with E-state index in [0.717, 1.165) is 0 Å². The SMILES string of the molecule is CC(CO)(CO)Nc1nc(NN)ncc1Cl. The molecule has 1 aromatic heterocycles. The molecular weight excluding hydrogens is 234 g/mol. The van der Waals surface area contributed by atoms with Crippen molar-refractivity contribution >= 4 is 23.4 Å². The van der Waals surface area contributed by atoms with Crippen molar-refractivity contribution in [2.24, 2.45) is 5.84 Å². The molecule has 0 aliphatic rings. The normalized spacial score (nSPS) is 11.3. The van der Waals surface area contributed by atoms with Crippen LogP contribution in [0, 0.1) is 0 Å². The Morgan fingerprint density at radius 3 is 2.62 bits per heavy atom. The number of halogens is 1. The molecule has 1 heterocycles. The van der Waals surface area contributed by atoms with E-state index < -0.39 is 5.54 Å². The van der Waals surface area contributed by atoms with Crippen molar-refractivity contribution in [3.8, 4) is 0 Å². The maximum Gasteiger partial charge on any atom is 0.239 e. The van der Waals surface area contributed by atoms with Crippen molar-refractivity contribution in [2.75, 3.05) is 24.0 Å². The lowest BCUT2D eigenvalue weighted by atomic mass is 10.1. The Kier molecular flexibility index (Phi) is 4.25. The van der Waals surface area contributed by atoms with Crippen LogP contribution in [0.1, 0.15) is 6.92 Å². The predicted octanol–water partition coefficient (Wildman–Crippen LogP) is -0.429. The van der Waals surface area contributed by atoms with Crippen LogP contribution >= 0.6 is 11.6 Å². The fourth-order valence-corrected chi connectivity index (χ4v) is 1.08. The lowest BCUT2D eigenvalue weighted by Crippen LogP contribution is -2.43. The Morgan fingerprint density at radius 2 is 2.12 bits per heavy atom. The van der Waals surface area contributed by atoms with Crippen LogP contribution in [0.25, 0.3) is 0 Å². The molecule has 0 atom stereocenters. The summed E-state index contributed by atoms with van der Waals surface area (Å²) in [6, 6.07) is 0. The second-order valence-electron chi connectivity index (χ2n) is 3.54. The Balaban J connectivity index is 2.95. The first-order valence-corrected chi connectivity index (χ1v) is 4.91. The molecule has 8 heteroatoms. The summed E-state index contributed by atoms with van der Waals surface area (Å²) in [4.78, 5) is 7.75. The predicted molar refractivity (Wildman–Crippen MR) is 61.1 cm³/mol. The van der Waals surface area contributed by atoms with E-state index in [1.54, 1.807) is 6.92 Å². The number of aliphatic hydroxyl groups excluding tert-OH is 2. The monoisotopic (exact) mass is 247 g/mol. The minimum atomic E-state index is -0.913. The zero-order valence-electron chi connectivity index (χ0n) is 8.74. The molecule has 0 aliphatic heterocycles. The van der Waals surface area contributed by atoms with E-state index in [4.69, 9.17) is 27.7 Å². The summed E-state index contributed by atoms with van der Waals surface area (Å²) < 4.78 is 0. The molecule has 0 unspecified atom stereocenters. The number of aromatic nitrogens is 2. The van der Waals surface area contributed by atoms with Crippen molar-refractivity contribution in [3.63, 3.8) is 0 Å². The minimum absolute atomic E-state index is 0.185. The van der Waals surface area contributed by atoms with E-state index in [-0.39, 0.29) is 30.0 Å². The molecule has 16 heavy (non-hydrogen) atoms. The van der Waals surface area contributed by atoms with E-state index in [1.165, 1.54) is 6.20 Å². The largest absolute Gasteiger partial charge is 0.394 e. The molecule has 0 amide bonds. The number of hydrogen-bond acceptors (Lipinski definition) is 7.